The Labute approximate surface area is 188 Å². The van der Waals surface area contributed by atoms with Crippen LogP contribution in [0.3, 0.4) is 0 Å². The third kappa shape index (κ3) is 20.9. The van der Waals surface area contributed by atoms with Crippen LogP contribution in [0.1, 0.15) is 142 Å². The lowest BCUT2D eigenvalue weighted by atomic mass is 9.87. The van der Waals surface area contributed by atoms with Crippen molar-refractivity contribution in [3.63, 3.8) is 0 Å². The van der Waals surface area contributed by atoms with Gasteiger partial charge in [-0.05, 0) is 44.9 Å². The van der Waals surface area contributed by atoms with E-state index in [0.29, 0.717) is 12.8 Å². The van der Waals surface area contributed by atoms with E-state index in [1.54, 1.807) is 0 Å². The van der Waals surface area contributed by atoms with Gasteiger partial charge in [0, 0.05) is 18.8 Å². The van der Waals surface area contributed by atoms with Crippen LogP contribution in [0, 0.1) is 0 Å². The van der Waals surface area contributed by atoms with E-state index in [9.17, 15) is 0 Å². The van der Waals surface area contributed by atoms with Crippen LogP contribution in [0.15, 0.2) is 12.2 Å². The second kappa shape index (κ2) is 23.3. The maximum atomic E-state index is 9.13. The Kier molecular flexibility index (Phi) is 23.0. The van der Waals surface area contributed by atoms with Crippen LogP contribution in [0.4, 0.5) is 0 Å². The molecule has 0 aliphatic rings. The molecule has 4 N–H and O–H groups in total. The molecule has 0 aromatic rings. The molecule has 0 aliphatic carbocycles. The van der Waals surface area contributed by atoms with Gasteiger partial charge in [0.1, 0.15) is 0 Å². The van der Waals surface area contributed by atoms with Gasteiger partial charge in [-0.25, -0.2) is 0 Å². The minimum Gasteiger partial charge on any atom is -0.396 e. The van der Waals surface area contributed by atoms with Crippen LogP contribution in [0.25, 0.3) is 0 Å². The van der Waals surface area contributed by atoms with Gasteiger partial charge in [-0.3, -0.25) is 0 Å². The van der Waals surface area contributed by atoms with Crippen molar-refractivity contribution in [1.82, 2.24) is 0 Å². The number of rotatable bonds is 24. The lowest BCUT2D eigenvalue weighted by Crippen LogP contribution is -2.41. The second-order valence-corrected chi connectivity index (χ2v) is 9.41. The number of hydrogen-bond donors (Lipinski definition) is 3. The summed E-state index contributed by atoms with van der Waals surface area (Å²) in [7, 11) is 0. The van der Waals surface area contributed by atoms with Crippen molar-refractivity contribution < 1.29 is 10.2 Å². The SMILES string of the molecule is CCCCCCCC/C=C\CCCCCCCCCCCCC(N)(CCO)CCO. The highest BCUT2D eigenvalue weighted by Crippen LogP contribution is 2.21. The molecule has 0 saturated carbocycles. The number of allylic oxidation sites excluding steroid dienone is 2. The summed E-state index contributed by atoms with van der Waals surface area (Å²) >= 11 is 0. The third-order valence-electron chi connectivity index (χ3n) is 6.41. The second-order valence-electron chi connectivity index (χ2n) is 9.41. The maximum Gasteiger partial charge on any atom is 0.0448 e. The molecule has 0 saturated heterocycles. The first-order chi connectivity index (χ1) is 14.7. The summed E-state index contributed by atoms with van der Waals surface area (Å²) in [4.78, 5) is 0. The lowest BCUT2D eigenvalue weighted by molar-refractivity contribution is 0.183. The smallest absolute Gasteiger partial charge is 0.0448 e. The van der Waals surface area contributed by atoms with E-state index in [1.807, 2.05) is 0 Å². The first kappa shape index (κ1) is 29.6. The largest absolute Gasteiger partial charge is 0.396 e. The molecule has 0 heterocycles. The Bertz CT molecular complexity index is 351. The van der Waals surface area contributed by atoms with Gasteiger partial charge in [-0.1, -0.05) is 109 Å². The van der Waals surface area contributed by atoms with Gasteiger partial charge in [-0.15, -0.1) is 0 Å². The maximum absolute atomic E-state index is 9.13. The average Bonchev–Trinajstić information content (AvgIpc) is 2.72. The predicted molar refractivity (Wildman–Crippen MR) is 133 cm³/mol. The topological polar surface area (TPSA) is 66.5 Å². The van der Waals surface area contributed by atoms with Crippen LogP contribution in [-0.2, 0) is 0 Å². The van der Waals surface area contributed by atoms with E-state index in [4.69, 9.17) is 15.9 Å². The van der Waals surface area contributed by atoms with Crippen molar-refractivity contribution >= 4 is 0 Å². The van der Waals surface area contributed by atoms with Gasteiger partial charge in [0.2, 0.25) is 0 Å². The molecule has 0 aromatic carbocycles. The zero-order valence-corrected chi connectivity index (χ0v) is 20.4. The zero-order chi connectivity index (χ0) is 22.2. The average molecular weight is 426 g/mol. The van der Waals surface area contributed by atoms with Crippen molar-refractivity contribution in [1.29, 1.82) is 0 Å². The summed E-state index contributed by atoms with van der Waals surface area (Å²) in [6.45, 7) is 2.51. The Morgan fingerprint density at radius 2 is 0.900 bits per heavy atom. The van der Waals surface area contributed by atoms with Gasteiger partial charge in [0.15, 0.2) is 0 Å². The monoisotopic (exact) mass is 425 g/mol. The molecule has 0 unspecified atom stereocenters. The number of aliphatic hydroxyl groups is 2. The van der Waals surface area contributed by atoms with Crippen molar-refractivity contribution in [2.24, 2.45) is 5.73 Å². The quantitative estimate of drug-likeness (QED) is 0.111. The predicted octanol–water partition coefficient (Wildman–Crippen LogP) is 7.44. The van der Waals surface area contributed by atoms with Crippen LogP contribution < -0.4 is 5.73 Å². The first-order valence-electron chi connectivity index (χ1n) is 13.3. The molecule has 0 bridgehead atoms. The van der Waals surface area contributed by atoms with Crippen LogP contribution in [0.2, 0.25) is 0 Å². The highest BCUT2D eigenvalue weighted by molar-refractivity contribution is 4.83. The van der Waals surface area contributed by atoms with E-state index < -0.39 is 0 Å². The summed E-state index contributed by atoms with van der Waals surface area (Å²) in [6, 6.07) is 0. The van der Waals surface area contributed by atoms with Gasteiger partial charge in [0.05, 0.1) is 0 Å². The van der Waals surface area contributed by atoms with Crippen molar-refractivity contribution in [2.45, 2.75) is 147 Å². The van der Waals surface area contributed by atoms with Crippen molar-refractivity contribution in [3.05, 3.63) is 12.2 Å². The van der Waals surface area contributed by atoms with Gasteiger partial charge < -0.3 is 15.9 Å². The fraction of sp³-hybridized carbons (Fsp3) is 0.926. The molecule has 30 heavy (non-hydrogen) atoms. The molecular formula is C27H55NO2. The summed E-state index contributed by atoms with van der Waals surface area (Å²) in [5.74, 6) is 0. The fourth-order valence-corrected chi connectivity index (χ4v) is 4.25. The van der Waals surface area contributed by atoms with Crippen molar-refractivity contribution in [2.75, 3.05) is 13.2 Å². The van der Waals surface area contributed by atoms with Crippen molar-refractivity contribution in [3.8, 4) is 0 Å². The summed E-state index contributed by atoms with van der Waals surface area (Å²) in [5.41, 5.74) is 5.91. The molecule has 0 amide bonds. The molecule has 0 fully saturated rings. The van der Waals surface area contributed by atoms with E-state index in [-0.39, 0.29) is 18.8 Å². The van der Waals surface area contributed by atoms with E-state index in [1.165, 1.54) is 109 Å². The van der Waals surface area contributed by atoms with Gasteiger partial charge in [-0.2, -0.15) is 0 Å². The number of hydrogen-bond acceptors (Lipinski definition) is 3. The molecule has 0 radical (unpaired) electrons. The molecule has 0 rings (SSSR count). The first-order valence-corrected chi connectivity index (χ1v) is 13.3. The Morgan fingerprint density at radius 3 is 1.30 bits per heavy atom. The molecule has 180 valence electrons. The molecular weight excluding hydrogens is 370 g/mol. The highest BCUT2D eigenvalue weighted by atomic mass is 16.3. The summed E-state index contributed by atoms with van der Waals surface area (Å²) < 4.78 is 0. The molecule has 0 aliphatic heterocycles. The highest BCUT2D eigenvalue weighted by Gasteiger charge is 2.22. The standard InChI is InChI=1S/C27H55NO2/c1-2-3-4-5-6-7-8-9-10-11-12-13-14-15-16-17-18-19-20-21-22-27(28,23-25-29)24-26-30/h9-10,29-30H,2-8,11-26,28H2,1H3/b10-9-. The Hall–Kier alpha value is -0.380. The molecule has 0 aromatic heterocycles. The number of aliphatic hydroxyl groups excluding tert-OH is 2. The molecule has 0 spiro atoms. The van der Waals surface area contributed by atoms with Gasteiger partial charge >= 0.3 is 0 Å². The number of unbranched alkanes of at least 4 members (excludes halogenated alkanes) is 16. The molecule has 3 nitrogen and oxygen atoms in total. The Morgan fingerprint density at radius 1 is 0.533 bits per heavy atom. The molecule has 3 heteroatoms. The van der Waals surface area contributed by atoms with Crippen LogP contribution in [0.5, 0.6) is 0 Å². The minimum atomic E-state index is -0.368. The normalized spacial score (nSPS) is 12.3. The van der Waals surface area contributed by atoms with E-state index in [2.05, 4.69) is 19.1 Å². The van der Waals surface area contributed by atoms with Crippen LogP contribution in [-0.4, -0.2) is 29.0 Å². The minimum absolute atomic E-state index is 0.117. The molecule has 0 atom stereocenters. The van der Waals surface area contributed by atoms with Crippen LogP contribution >= 0.6 is 0 Å². The van der Waals surface area contributed by atoms with Gasteiger partial charge in [0.25, 0.3) is 0 Å². The van der Waals surface area contributed by atoms with E-state index in [0.717, 1.165) is 12.8 Å². The third-order valence-corrected chi connectivity index (χ3v) is 6.41. The summed E-state index contributed by atoms with van der Waals surface area (Å²) in [6.07, 6.45) is 31.1. The zero-order valence-electron chi connectivity index (χ0n) is 20.4. The lowest BCUT2D eigenvalue weighted by Gasteiger charge is -2.28. The fourth-order valence-electron chi connectivity index (χ4n) is 4.25. The number of nitrogens with two attached hydrogens (primary N) is 1. The summed E-state index contributed by atoms with van der Waals surface area (Å²) in [5, 5.41) is 18.3. The van der Waals surface area contributed by atoms with E-state index >= 15 is 0 Å². The Balaban J connectivity index is 3.28.